The number of hydrogen-bond donors (Lipinski definition) is 1. The van der Waals surface area contributed by atoms with Crippen LogP contribution in [0.25, 0.3) is 0 Å². The van der Waals surface area contributed by atoms with Crippen LogP contribution in [0.1, 0.15) is 33.1 Å². The van der Waals surface area contributed by atoms with Gasteiger partial charge >= 0.3 is 0 Å². The molecule has 1 aromatic carbocycles. The first-order chi connectivity index (χ1) is 11.7. The molecule has 2 unspecified atom stereocenters. The summed E-state index contributed by atoms with van der Waals surface area (Å²) in [6, 6.07) is 7.71. The van der Waals surface area contributed by atoms with Crippen LogP contribution in [0.15, 0.2) is 35.2 Å². The lowest BCUT2D eigenvalue weighted by molar-refractivity contribution is -0.133. The summed E-state index contributed by atoms with van der Waals surface area (Å²) < 4.78 is 27.1. The van der Waals surface area contributed by atoms with Crippen LogP contribution in [0, 0.1) is 5.92 Å². The standard InChI is InChI=1S/C18H29N3O3S.ClH/c1-14(2)16(19)11-13-20(3)18(22)17-10-7-12-21(17)25(23,24)15-8-5-4-6-9-15;/h4-6,8-9,14,16-17H,7,10-13,19H2,1-3H3;1H. The van der Waals surface area contributed by atoms with E-state index in [0.717, 1.165) is 0 Å². The Hall–Kier alpha value is -1.15. The van der Waals surface area contributed by atoms with Crippen LogP contribution in [-0.4, -0.2) is 55.8 Å². The van der Waals surface area contributed by atoms with Gasteiger partial charge in [0.1, 0.15) is 6.04 Å². The molecule has 1 amide bonds. The molecule has 2 atom stereocenters. The van der Waals surface area contributed by atoms with Crippen LogP contribution in [0.4, 0.5) is 0 Å². The van der Waals surface area contributed by atoms with Gasteiger partial charge in [0.15, 0.2) is 0 Å². The second-order valence-corrected chi connectivity index (χ2v) is 8.93. The molecule has 1 aliphatic heterocycles. The van der Waals surface area contributed by atoms with Gasteiger partial charge in [-0.15, -0.1) is 12.4 Å². The number of carbonyl (C=O) groups excluding carboxylic acids is 1. The molecule has 0 radical (unpaired) electrons. The Morgan fingerprint density at radius 3 is 2.50 bits per heavy atom. The van der Waals surface area contributed by atoms with Crippen molar-refractivity contribution in [2.75, 3.05) is 20.1 Å². The van der Waals surface area contributed by atoms with Gasteiger partial charge in [-0.3, -0.25) is 4.79 Å². The minimum Gasteiger partial charge on any atom is -0.344 e. The fraction of sp³-hybridized carbons (Fsp3) is 0.611. The van der Waals surface area contributed by atoms with Crippen molar-refractivity contribution in [1.82, 2.24) is 9.21 Å². The molecule has 2 rings (SSSR count). The maximum absolute atomic E-state index is 12.9. The van der Waals surface area contributed by atoms with Gasteiger partial charge in [-0.05, 0) is 37.3 Å². The molecule has 1 saturated heterocycles. The van der Waals surface area contributed by atoms with Crippen LogP contribution in [-0.2, 0) is 14.8 Å². The van der Waals surface area contributed by atoms with E-state index < -0.39 is 16.1 Å². The Morgan fingerprint density at radius 2 is 1.92 bits per heavy atom. The molecule has 1 aromatic rings. The topological polar surface area (TPSA) is 83.7 Å². The van der Waals surface area contributed by atoms with Crippen LogP contribution in [0.3, 0.4) is 0 Å². The zero-order chi connectivity index (χ0) is 18.6. The number of sulfonamides is 1. The first kappa shape index (κ1) is 22.9. The molecule has 8 heteroatoms. The molecule has 0 bridgehead atoms. The van der Waals surface area contributed by atoms with E-state index in [-0.39, 0.29) is 29.3 Å². The molecule has 0 spiro atoms. The van der Waals surface area contributed by atoms with Crippen molar-refractivity contribution in [1.29, 1.82) is 0 Å². The van der Waals surface area contributed by atoms with E-state index in [2.05, 4.69) is 13.8 Å². The Balaban J connectivity index is 0.00000338. The molecule has 1 heterocycles. The third kappa shape index (κ3) is 5.19. The highest BCUT2D eigenvalue weighted by Gasteiger charge is 2.40. The summed E-state index contributed by atoms with van der Waals surface area (Å²) in [7, 11) is -1.93. The molecule has 0 aromatic heterocycles. The van der Waals surface area contributed by atoms with Crippen LogP contribution >= 0.6 is 12.4 Å². The van der Waals surface area contributed by atoms with Crippen molar-refractivity contribution in [2.45, 2.75) is 50.1 Å². The van der Waals surface area contributed by atoms with Gasteiger partial charge in [0.25, 0.3) is 0 Å². The Labute approximate surface area is 163 Å². The molecule has 1 fully saturated rings. The fourth-order valence-corrected chi connectivity index (χ4v) is 4.72. The van der Waals surface area contributed by atoms with Crippen molar-refractivity contribution in [3.05, 3.63) is 30.3 Å². The minimum atomic E-state index is -3.65. The van der Waals surface area contributed by atoms with E-state index in [0.29, 0.717) is 38.3 Å². The average molecular weight is 404 g/mol. The minimum absolute atomic E-state index is 0. The largest absolute Gasteiger partial charge is 0.344 e. The monoisotopic (exact) mass is 403 g/mol. The number of amides is 1. The van der Waals surface area contributed by atoms with E-state index in [9.17, 15) is 13.2 Å². The molecular weight excluding hydrogens is 374 g/mol. The van der Waals surface area contributed by atoms with Gasteiger partial charge in [0, 0.05) is 26.2 Å². The molecule has 0 aliphatic carbocycles. The number of nitrogens with zero attached hydrogens (tertiary/aromatic N) is 2. The number of likely N-dealkylation sites (N-methyl/N-ethyl adjacent to an activating group) is 1. The summed E-state index contributed by atoms with van der Waals surface area (Å²) in [4.78, 5) is 14.6. The Bertz CT molecular complexity index is 682. The first-order valence-corrected chi connectivity index (χ1v) is 10.3. The maximum Gasteiger partial charge on any atom is 0.243 e. The lowest BCUT2D eigenvalue weighted by atomic mass is 10.0. The predicted molar refractivity (Wildman–Crippen MR) is 106 cm³/mol. The zero-order valence-corrected chi connectivity index (χ0v) is 17.3. The Kier molecular flexibility index (Phi) is 8.53. The van der Waals surface area contributed by atoms with E-state index >= 15 is 0 Å². The highest BCUT2D eigenvalue weighted by Crippen LogP contribution is 2.27. The van der Waals surface area contributed by atoms with Gasteiger partial charge < -0.3 is 10.6 Å². The second kappa shape index (κ2) is 9.69. The van der Waals surface area contributed by atoms with Crippen LogP contribution < -0.4 is 5.73 Å². The second-order valence-electron chi connectivity index (χ2n) is 7.04. The number of nitrogens with two attached hydrogens (primary N) is 1. The molecule has 26 heavy (non-hydrogen) atoms. The number of benzene rings is 1. The molecule has 1 aliphatic rings. The Morgan fingerprint density at radius 1 is 1.31 bits per heavy atom. The van der Waals surface area contributed by atoms with Crippen molar-refractivity contribution in [3.8, 4) is 0 Å². The summed E-state index contributed by atoms with van der Waals surface area (Å²) in [5, 5.41) is 0. The summed E-state index contributed by atoms with van der Waals surface area (Å²) in [5.41, 5.74) is 6.05. The smallest absolute Gasteiger partial charge is 0.243 e. The third-order valence-corrected chi connectivity index (χ3v) is 6.79. The van der Waals surface area contributed by atoms with Crippen LogP contribution in [0.5, 0.6) is 0 Å². The number of rotatable bonds is 7. The average Bonchev–Trinajstić information content (AvgIpc) is 3.09. The van der Waals surface area contributed by atoms with Gasteiger partial charge in [-0.1, -0.05) is 32.0 Å². The lowest BCUT2D eigenvalue weighted by Gasteiger charge is -2.28. The normalized spacial score (nSPS) is 19.2. The van der Waals surface area contributed by atoms with Gasteiger partial charge in [-0.2, -0.15) is 4.31 Å². The third-order valence-electron chi connectivity index (χ3n) is 4.87. The van der Waals surface area contributed by atoms with Gasteiger partial charge in [-0.25, -0.2) is 8.42 Å². The lowest BCUT2D eigenvalue weighted by Crippen LogP contribution is -2.47. The van der Waals surface area contributed by atoms with Crippen molar-refractivity contribution < 1.29 is 13.2 Å². The molecular formula is C18H30ClN3O3S. The quantitative estimate of drug-likeness (QED) is 0.755. The highest BCUT2D eigenvalue weighted by atomic mass is 35.5. The van der Waals surface area contributed by atoms with E-state index in [1.54, 1.807) is 42.3 Å². The van der Waals surface area contributed by atoms with Crippen molar-refractivity contribution in [2.24, 2.45) is 11.7 Å². The molecule has 6 nitrogen and oxygen atoms in total. The SMILES string of the molecule is CC(C)C(N)CCN(C)C(=O)C1CCCN1S(=O)(=O)c1ccccc1.Cl. The van der Waals surface area contributed by atoms with E-state index in [1.165, 1.54) is 4.31 Å². The van der Waals surface area contributed by atoms with E-state index in [4.69, 9.17) is 5.73 Å². The van der Waals surface area contributed by atoms with Gasteiger partial charge in [0.2, 0.25) is 15.9 Å². The molecule has 2 N–H and O–H groups in total. The van der Waals surface area contributed by atoms with Crippen molar-refractivity contribution in [3.63, 3.8) is 0 Å². The number of halogens is 1. The molecule has 0 saturated carbocycles. The highest BCUT2D eigenvalue weighted by molar-refractivity contribution is 7.89. The summed E-state index contributed by atoms with van der Waals surface area (Å²) in [5.74, 6) is 0.206. The van der Waals surface area contributed by atoms with Crippen molar-refractivity contribution >= 4 is 28.3 Å². The first-order valence-electron chi connectivity index (χ1n) is 8.82. The summed E-state index contributed by atoms with van der Waals surface area (Å²) in [6.45, 7) is 5.02. The molecule has 148 valence electrons. The number of hydrogen-bond acceptors (Lipinski definition) is 4. The number of carbonyl (C=O) groups is 1. The van der Waals surface area contributed by atoms with Crippen LogP contribution in [0.2, 0.25) is 0 Å². The summed E-state index contributed by atoms with van der Waals surface area (Å²) in [6.07, 6.45) is 1.96. The zero-order valence-electron chi connectivity index (χ0n) is 15.7. The van der Waals surface area contributed by atoms with Gasteiger partial charge in [0.05, 0.1) is 4.90 Å². The maximum atomic E-state index is 12.9. The summed E-state index contributed by atoms with van der Waals surface area (Å²) >= 11 is 0. The van der Waals surface area contributed by atoms with E-state index in [1.807, 2.05) is 0 Å². The fourth-order valence-electron chi connectivity index (χ4n) is 3.04. The predicted octanol–water partition coefficient (Wildman–Crippen LogP) is 2.09.